The number of hydrogen-bond donors (Lipinski definition) is 1. The molecule has 94 valence electrons. The number of rotatable bonds is 3. The minimum atomic E-state index is -4.09. The fraction of sp³-hybridized carbons (Fsp3) is 0.900. The summed E-state index contributed by atoms with van der Waals surface area (Å²) >= 11 is 2.14. The Bertz CT molecular complexity index is 237. The first-order valence-electron chi connectivity index (χ1n) is 5.35. The van der Waals surface area contributed by atoms with Crippen molar-refractivity contribution in [3.63, 3.8) is 0 Å². The van der Waals surface area contributed by atoms with E-state index < -0.39 is 12.1 Å². The van der Waals surface area contributed by atoms with Crippen LogP contribution >= 0.6 is 22.6 Å². The zero-order valence-electron chi connectivity index (χ0n) is 8.82. The quantitative estimate of drug-likeness (QED) is 0.616. The molecule has 1 saturated carbocycles. The molecule has 0 atom stereocenters. The Morgan fingerprint density at radius 2 is 1.81 bits per heavy atom. The molecule has 0 heterocycles. The fourth-order valence-electron chi connectivity index (χ4n) is 2.00. The Kier molecular flexibility index (Phi) is 5.33. The summed E-state index contributed by atoms with van der Waals surface area (Å²) in [6.07, 6.45) is -3.20. The van der Waals surface area contributed by atoms with Crippen molar-refractivity contribution in [1.82, 2.24) is 5.32 Å². The van der Waals surface area contributed by atoms with Crippen LogP contribution in [0.25, 0.3) is 0 Å². The van der Waals surface area contributed by atoms with Gasteiger partial charge in [0.2, 0.25) is 5.91 Å². The van der Waals surface area contributed by atoms with Crippen molar-refractivity contribution in [1.29, 1.82) is 0 Å². The van der Waals surface area contributed by atoms with Gasteiger partial charge in [-0.25, -0.2) is 0 Å². The highest BCUT2D eigenvalue weighted by atomic mass is 127. The van der Waals surface area contributed by atoms with Gasteiger partial charge >= 0.3 is 6.18 Å². The maximum Gasteiger partial charge on any atom is 0.391 e. The first-order valence-corrected chi connectivity index (χ1v) is 6.88. The molecule has 0 unspecified atom stereocenters. The number of carbonyl (C=O) groups excluding carboxylic acids is 1. The molecular formula is C10H15F3INO. The van der Waals surface area contributed by atoms with Crippen LogP contribution in [0.2, 0.25) is 0 Å². The largest absolute Gasteiger partial charge is 0.391 e. The topological polar surface area (TPSA) is 29.1 Å². The molecule has 2 nitrogen and oxygen atoms in total. The van der Waals surface area contributed by atoms with E-state index in [1.54, 1.807) is 0 Å². The van der Waals surface area contributed by atoms with Crippen LogP contribution in [0.4, 0.5) is 13.2 Å². The van der Waals surface area contributed by atoms with E-state index in [9.17, 15) is 18.0 Å². The molecule has 16 heavy (non-hydrogen) atoms. The van der Waals surface area contributed by atoms with Crippen LogP contribution in [0.3, 0.4) is 0 Å². The maximum absolute atomic E-state index is 12.4. The zero-order valence-corrected chi connectivity index (χ0v) is 11.0. The molecule has 0 spiro atoms. The monoisotopic (exact) mass is 349 g/mol. The Morgan fingerprint density at radius 1 is 1.25 bits per heavy atom. The van der Waals surface area contributed by atoms with Gasteiger partial charge in [-0.3, -0.25) is 4.79 Å². The summed E-state index contributed by atoms with van der Waals surface area (Å²) in [7, 11) is 0. The third-order valence-corrected chi connectivity index (χ3v) is 3.49. The lowest BCUT2D eigenvalue weighted by Gasteiger charge is -2.29. The molecule has 0 aromatic heterocycles. The standard InChI is InChI=1S/C10H15F3INO/c11-10(12,13)8-3-1-7(2-4-8)9(16)15-6-5-14/h7-8H,1-6H2,(H,15,16). The first-order chi connectivity index (χ1) is 7.45. The average molecular weight is 349 g/mol. The molecule has 1 aliphatic carbocycles. The van der Waals surface area contributed by atoms with Gasteiger partial charge in [0.1, 0.15) is 0 Å². The van der Waals surface area contributed by atoms with E-state index in [1.807, 2.05) is 0 Å². The Balaban J connectivity index is 2.34. The highest BCUT2D eigenvalue weighted by Crippen LogP contribution is 2.39. The molecule has 1 fully saturated rings. The number of carbonyl (C=O) groups is 1. The molecular weight excluding hydrogens is 334 g/mol. The van der Waals surface area contributed by atoms with E-state index in [0.717, 1.165) is 4.43 Å². The van der Waals surface area contributed by atoms with E-state index in [-0.39, 0.29) is 24.7 Å². The summed E-state index contributed by atoms with van der Waals surface area (Å²) in [5.74, 6) is -1.51. The highest BCUT2D eigenvalue weighted by molar-refractivity contribution is 14.1. The van der Waals surface area contributed by atoms with Crippen LogP contribution in [0.15, 0.2) is 0 Å². The van der Waals surface area contributed by atoms with E-state index in [0.29, 0.717) is 19.4 Å². The second kappa shape index (κ2) is 6.07. The predicted octanol–water partition coefficient (Wildman–Crippen LogP) is 2.91. The third kappa shape index (κ3) is 4.10. The summed E-state index contributed by atoms with van der Waals surface area (Å²) in [5.41, 5.74) is 0. The lowest BCUT2D eigenvalue weighted by atomic mass is 9.81. The number of alkyl halides is 4. The van der Waals surface area contributed by atoms with Gasteiger partial charge in [0.25, 0.3) is 0 Å². The Hall–Kier alpha value is -0.0100. The molecule has 1 rings (SSSR count). The van der Waals surface area contributed by atoms with Gasteiger partial charge in [-0.1, -0.05) is 22.6 Å². The van der Waals surface area contributed by atoms with Gasteiger partial charge in [0, 0.05) is 16.9 Å². The Morgan fingerprint density at radius 3 is 2.25 bits per heavy atom. The molecule has 1 aliphatic rings. The molecule has 0 bridgehead atoms. The van der Waals surface area contributed by atoms with Crippen LogP contribution in [0, 0.1) is 11.8 Å². The van der Waals surface area contributed by atoms with Gasteiger partial charge in [-0.05, 0) is 25.7 Å². The molecule has 0 aromatic rings. The summed E-state index contributed by atoms with van der Waals surface area (Å²) in [6.45, 7) is 0.596. The maximum atomic E-state index is 12.4. The predicted molar refractivity (Wildman–Crippen MR) is 63.4 cm³/mol. The molecule has 0 saturated heterocycles. The third-order valence-electron chi connectivity index (χ3n) is 2.95. The fourth-order valence-corrected chi connectivity index (χ4v) is 2.27. The van der Waals surface area contributed by atoms with Gasteiger partial charge in [0.15, 0.2) is 0 Å². The van der Waals surface area contributed by atoms with E-state index >= 15 is 0 Å². The first kappa shape index (κ1) is 14.1. The average Bonchev–Trinajstić information content (AvgIpc) is 2.25. The SMILES string of the molecule is O=C(NCCI)C1CCC(C(F)(F)F)CC1. The molecule has 1 amide bonds. The van der Waals surface area contributed by atoms with Gasteiger partial charge in [-0.2, -0.15) is 13.2 Å². The molecule has 6 heteroatoms. The molecule has 1 N–H and O–H groups in total. The second-order valence-electron chi connectivity index (χ2n) is 4.07. The summed E-state index contributed by atoms with van der Waals surface area (Å²) in [5, 5.41) is 2.73. The number of amides is 1. The van der Waals surface area contributed by atoms with Crippen LogP contribution in [-0.2, 0) is 4.79 Å². The smallest absolute Gasteiger partial charge is 0.355 e. The number of halogens is 4. The van der Waals surface area contributed by atoms with Crippen molar-refractivity contribution in [3.8, 4) is 0 Å². The summed E-state index contributed by atoms with van der Waals surface area (Å²) in [4.78, 5) is 11.5. The van der Waals surface area contributed by atoms with Crippen LogP contribution in [0.1, 0.15) is 25.7 Å². The van der Waals surface area contributed by atoms with Gasteiger partial charge in [-0.15, -0.1) is 0 Å². The van der Waals surface area contributed by atoms with E-state index in [4.69, 9.17) is 0 Å². The van der Waals surface area contributed by atoms with Crippen molar-refractivity contribution in [2.75, 3.05) is 11.0 Å². The minimum Gasteiger partial charge on any atom is -0.355 e. The zero-order chi connectivity index (χ0) is 12.2. The number of nitrogens with one attached hydrogen (secondary N) is 1. The van der Waals surface area contributed by atoms with Crippen molar-refractivity contribution >= 4 is 28.5 Å². The lowest BCUT2D eigenvalue weighted by Crippen LogP contribution is -2.36. The molecule has 0 aromatic carbocycles. The minimum absolute atomic E-state index is 0.0858. The van der Waals surface area contributed by atoms with Crippen LogP contribution in [-0.4, -0.2) is 23.1 Å². The normalized spacial score (nSPS) is 26.5. The van der Waals surface area contributed by atoms with E-state index in [2.05, 4.69) is 27.9 Å². The van der Waals surface area contributed by atoms with Crippen molar-refractivity contribution in [2.24, 2.45) is 11.8 Å². The lowest BCUT2D eigenvalue weighted by molar-refractivity contribution is -0.184. The van der Waals surface area contributed by atoms with Crippen LogP contribution < -0.4 is 5.32 Å². The van der Waals surface area contributed by atoms with E-state index in [1.165, 1.54) is 0 Å². The van der Waals surface area contributed by atoms with Gasteiger partial charge in [0.05, 0.1) is 5.92 Å². The highest BCUT2D eigenvalue weighted by Gasteiger charge is 2.42. The van der Waals surface area contributed by atoms with Crippen molar-refractivity contribution < 1.29 is 18.0 Å². The van der Waals surface area contributed by atoms with Crippen LogP contribution in [0.5, 0.6) is 0 Å². The van der Waals surface area contributed by atoms with Crippen molar-refractivity contribution in [3.05, 3.63) is 0 Å². The Labute approximate surface area is 106 Å². The molecule has 0 aliphatic heterocycles. The molecule has 0 radical (unpaired) electrons. The van der Waals surface area contributed by atoms with Gasteiger partial charge < -0.3 is 5.32 Å². The summed E-state index contributed by atoms with van der Waals surface area (Å²) < 4.78 is 37.9. The number of hydrogen-bond acceptors (Lipinski definition) is 1. The summed E-state index contributed by atoms with van der Waals surface area (Å²) in [6, 6.07) is 0. The second-order valence-corrected chi connectivity index (χ2v) is 5.15. The van der Waals surface area contributed by atoms with Crippen molar-refractivity contribution in [2.45, 2.75) is 31.9 Å².